The molecule has 2 aliphatic carbocycles. The lowest BCUT2D eigenvalue weighted by Crippen LogP contribution is -2.40. The Morgan fingerprint density at radius 2 is 0.788 bits per heavy atom. The third kappa shape index (κ3) is 29.5. The first-order valence-corrected chi connectivity index (χ1v) is 22.9. The van der Waals surface area contributed by atoms with Gasteiger partial charge in [-0.25, -0.2) is 19.2 Å². The van der Waals surface area contributed by atoms with E-state index in [9.17, 15) is 55.1 Å². The van der Waals surface area contributed by atoms with E-state index in [-0.39, 0.29) is 34.1 Å². The first-order chi connectivity index (χ1) is 30.4. The lowest BCUT2D eigenvalue weighted by atomic mass is 9.83. The average Bonchev–Trinajstić information content (AvgIpc) is 3.22. The number of alkyl halides is 6. The van der Waals surface area contributed by atoms with Gasteiger partial charge in [0, 0.05) is 11.1 Å². The maximum absolute atomic E-state index is 12.3. The lowest BCUT2D eigenvalue weighted by Gasteiger charge is -2.37. The number of halogens is 6. The summed E-state index contributed by atoms with van der Waals surface area (Å²) in [6.45, 7) is 20.2. The Bertz CT molecular complexity index is 1520. The second-order valence-corrected chi connectivity index (χ2v) is 18.1. The van der Waals surface area contributed by atoms with Crippen molar-refractivity contribution in [3.63, 3.8) is 0 Å². The predicted octanol–water partition coefficient (Wildman–Crippen LogP) is 12.1. The van der Waals surface area contributed by atoms with Crippen LogP contribution in [-0.2, 0) is 57.2 Å². The van der Waals surface area contributed by atoms with Crippen molar-refractivity contribution in [1.82, 2.24) is 0 Å². The smallest absolute Gasteiger partial charge is 0.422 e. The number of hydrogen-bond acceptors (Lipinski definition) is 12. The Labute approximate surface area is 388 Å². The minimum Gasteiger partial charge on any atom is -0.459 e. The molecule has 0 radical (unpaired) electrons. The van der Waals surface area contributed by atoms with Crippen LogP contribution in [0.3, 0.4) is 0 Å². The van der Waals surface area contributed by atoms with E-state index in [0.29, 0.717) is 12.0 Å². The highest BCUT2D eigenvalue weighted by Crippen LogP contribution is 2.36. The van der Waals surface area contributed by atoms with Gasteiger partial charge in [-0.05, 0) is 119 Å². The first-order valence-electron chi connectivity index (χ1n) is 22.9. The largest absolute Gasteiger partial charge is 0.459 e. The molecule has 0 aromatic carbocycles. The van der Waals surface area contributed by atoms with Crippen LogP contribution in [0.1, 0.15) is 185 Å². The van der Waals surface area contributed by atoms with Gasteiger partial charge in [-0.3, -0.25) is 9.59 Å². The summed E-state index contributed by atoms with van der Waals surface area (Å²) in [5, 5.41) is 0. The van der Waals surface area contributed by atoms with Gasteiger partial charge in [0.05, 0.1) is 10.8 Å². The molecule has 0 spiro atoms. The Kier molecular flexibility index (Phi) is 30.1. The standard InChI is InChI=1S/C16H30O2.C14H24O2.C10H15F3O4.C8H9F3O4/c1-5-15(3,4)14(17)18-16(6-2)12-10-8-7-9-11-13-16;1-4-14(16-13(15)12(2)3)10-8-6-5-7-9-11-14;1-4-9(2,3)8(15)16-5-7(14)17-6-10(11,12)13;1-5(2)7(13)14-3-6(12)15-4-8(9,10)11/h5-13H2,1-4H3;2,4-11H2,1,3H3;4-6H2,1-3H3;1,3-4H2,2H3. The van der Waals surface area contributed by atoms with Crippen LogP contribution < -0.4 is 0 Å². The maximum Gasteiger partial charge on any atom is 0.422 e. The van der Waals surface area contributed by atoms with Crippen LogP contribution in [0, 0.1) is 10.8 Å². The third-order valence-corrected chi connectivity index (χ3v) is 11.4. The summed E-state index contributed by atoms with van der Waals surface area (Å²) >= 11 is 0. The second-order valence-electron chi connectivity index (χ2n) is 18.1. The Balaban J connectivity index is 0. The van der Waals surface area contributed by atoms with Crippen molar-refractivity contribution in [2.75, 3.05) is 26.4 Å². The molecular formula is C48H78F6O12. The van der Waals surface area contributed by atoms with Crippen molar-refractivity contribution in [2.45, 2.75) is 208 Å². The van der Waals surface area contributed by atoms with Gasteiger partial charge in [0.2, 0.25) is 0 Å². The zero-order valence-corrected chi connectivity index (χ0v) is 41.1. The number of hydrogen-bond donors (Lipinski definition) is 0. The summed E-state index contributed by atoms with van der Waals surface area (Å²) in [5.41, 5.74) is -0.955. The molecule has 2 saturated carbocycles. The average molecular weight is 961 g/mol. The molecule has 0 atom stereocenters. The summed E-state index contributed by atoms with van der Waals surface area (Å²) in [6, 6.07) is 0. The highest BCUT2D eigenvalue weighted by Gasteiger charge is 2.38. The number of esters is 6. The zero-order chi connectivity index (χ0) is 51.4. The molecule has 0 saturated heterocycles. The van der Waals surface area contributed by atoms with Crippen LogP contribution in [0.2, 0.25) is 0 Å². The molecule has 0 bridgehead atoms. The number of rotatable bonds is 16. The molecule has 0 heterocycles. The molecule has 0 aromatic heterocycles. The van der Waals surface area contributed by atoms with Crippen molar-refractivity contribution in [3.8, 4) is 0 Å². The second kappa shape index (κ2) is 31.0. The van der Waals surface area contributed by atoms with Gasteiger partial charge >= 0.3 is 48.2 Å². The number of carbonyl (C=O) groups excluding carboxylic acids is 6. The normalized spacial score (nSPS) is 16.2. The van der Waals surface area contributed by atoms with Gasteiger partial charge in [0.15, 0.2) is 26.4 Å². The van der Waals surface area contributed by atoms with Crippen LogP contribution in [0.25, 0.3) is 0 Å². The lowest BCUT2D eigenvalue weighted by molar-refractivity contribution is -0.190. The number of ether oxygens (including phenoxy) is 6. The van der Waals surface area contributed by atoms with Crippen molar-refractivity contribution in [2.24, 2.45) is 10.8 Å². The highest BCUT2D eigenvalue weighted by atomic mass is 19.4. The van der Waals surface area contributed by atoms with Crippen molar-refractivity contribution < 1.29 is 83.5 Å². The van der Waals surface area contributed by atoms with Crippen molar-refractivity contribution in [1.29, 1.82) is 0 Å². The van der Waals surface area contributed by atoms with Gasteiger partial charge < -0.3 is 28.4 Å². The molecule has 0 aromatic rings. The van der Waals surface area contributed by atoms with E-state index < -0.39 is 68.1 Å². The molecule has 384 valence electrons. The van der Waals surface area contributed by atoms with Gasteiger partial charge in [0.1, 0.15) is 11.2 Å². The summed E-state index contributed by atoms with van der Waals surface area (Å²) < 4.78 is 97.7. The van der Waals surface area contributed by atoms with Crippen LogP contribution in [0.15, 0.2) is 24.3 Å². The number of carbonyl (C=O) groups is 6. The van der Waals surface area contributed by atoms with Crippen LogP contribution >= 0.6 is 0 Å². The summed E-state index contributed by atoms with van der Waals surface area (Å²) in [7, 11) is 0. The molecule has 12 nitrogen and oxygen atoms in total. The fraction of sp³-hybridized carbons (Fsp3) is 0.792. The minimum atomic E-state index is -4.59. The van der Waals surface area contributed by atoms with E-state index in [0.717, 1.165) is 44.9 Å². The summed E-state index contributed by atoms with van der Waals surface area (Å²) in [5.74, 6) is -4.22. The van der Waals surface area contributed by atoms with Gasteiger partial charge in [-0.1, -0.05) is 79.4 Å². The zero-order valence-electron chi connectivity index (χ0n) is 41.1. The first kappa shape index (κ1) is 64.0. The van der Waals surface area contributed by atoms with Gasteiger partial charge in [-0.15, -0.1) is 0 Å². The van der Waals surface area contributed by atoms with E-state index >= 15 is 0 Å². The SMILES string of the molecule is C=C(C)C(=O)OC1(CC)CCCCCCC1.C=C(C)C(=O)OCC(=O)OCC(F)(F)F.CCC(C)(C)C(=O)OCC(=O)OCC(F)(F)F.CCC1(OC(=O)C(C)(C)CC)CCCCCCC1. The fourth-order valence-electron chi connectivity index (χ4n) is 6.04. The Hall–Kier alpha value is -4.12. The Morgan fingerprint density at radius 3 is 1.11 bits per heavy atom. The molecular weight excluding hydrogens is 883 g/mol. The third-order valence-electron chi connectivity index (χ3n) is 11.4. The predicted molar refractivity (Wildman–Crippen MR) is 237 cm³/mol. The molecule has 0 amide bonds. The molecule has 0 aliphatic heterocycles. The summed E-state index contributed by atoms with van der Waals surface area (Å²) in [4.78, 5) is 67.4. The molecule has 66 heavy (non-hydrogen) atoms. The van der Waals surface area contributed by atoms with Crippen molar-refractivity contribution >= 4 is 35.8 Å². The molecule has 2 rings (SSSR count). The van der Waals surface area contributed by atoms with Crippen molar-refractivity contribution in [3.05, 3.63) is 24.3 Å². The summed E-state index contributed by atoms with van der Waals surface area (Å²) in [6.07, 6.45) is 10.7. The van der Waals surface area contributed by atoms with E-state index in [4.69, 9.17) is 9.47 Å². The molecule has 18 heteroatoms. The quantitative estimate of drug-likeness (QED) is 0.0625. The van der Waals surface area contributed by atoms with Crippen LogP contribution in [0.5, 0.6) is 0 Å². The molecule has 2 aliphatic rings. The minimum absolute atomic E-state index is 0.00702. The monoisotopic (exact) mass is 961 g/mol. The van der Waals surface area contributed by atoms with E-state index in [1.54, 1.807) is 27.7 Å². The highest BCUT2D eigenvalue weighted by molar-refractivity contribution is 5.88. The van der Waals surface area contributed by atoms with Gasteiger partial charge in [0.25, 0.3) is 0 Å². The topological polar surface area (TPSA) is 158 Å². The van der Waals surface area contributed by atoms with E-state index in [1.165, 1.54) is 71.1 Å². The fourth-order valence-corrected chi connectivity index (χ4v) is 6.04. The maximum atomic E-state index is 12.3. The molecule has 0 unspecified atom stereocenters. The van der Waals surface area contributed by atoms with Crippen LogP contribution in [0.4, 0.5) is 26.3 Å². The van der Waals surface area contributed by atoms with Crippen LogP contribution in [-0.4, -0.2) is 85.8 Å². The molecule has 0 N–H and O–H groups in total. The van der Waals surface area contributed by atoms with E-state index in [2.05, 4.69) is 52.9 Å². The van der Waals surface area contributed by atoms with E-state index in [1.807, 2.05) is 13.8 Å². The molecule has 2 fully saturated rings. The van der Waals surface area contributed by atoms with Gasteiger partial charge in [-0.2, -0.15) is 26.3 Å². The Morgan fingerprint density at radius 1 is 0.470 bits per heavy atom.